The van der Waals surface area contributed by atoms with Crippen molar-refractivity contribution in [2.75, 3.05) is 0 Å². The lowest BCUT2D eigenvalue weighted by Crippen LogP contribution is -2.31. The van der Waals surface area contributed by atoms with Gasteiger partial charge in [-0.05, 0) is 25.5 Å². The average Bonchev–Trinajstić information content (AvgIpc) is 2.47. The zero-order chi connectivity index (χ0) is 16.3. The van der Waals surface area contributed by atoms with Gasteiger partial charge in [0.1, 0.15) is 6.20 Å². The third-order valence-corrected chi connectivity index (χ3v) is 3.14. The molecule has 2 amide bonds. The number of aromatic nitrogens is 1. The molecule has 0 aliphatic carbocycles. The van der Waals surface area contributed by atoms with Gasteiger partial charge in [0, 0.05) is 11.6 Å². The molecule has 0 saturated carbocycles. The van der Waals surface area contributed by atoms with Crippen LogP contribution in [0, 0.1) is 24.0 Å². The molecule has 22 heavy (non-hydrogen) atoms. The summed E-state index contributed by atoms with van der Waals surface area (Å²) in [5.74, 6) is -1.28. The van der Waals surface area contributed by atoms with Crippen LogP contribution >= 0.6 is 0 Å². The van der Waals surface area contributed by atoms with Gasteiger partial charge in [0.25, 0.3) is 17.5 Å². The van der Waals surface area contributed by atoms with Crippen LogP contribution in [0.1, 0.15) is 32.0 Å². The van der Waals surface area contributed by atoms with E-state index < -0.39 is 16.7 Å². The van der Waals surface area contributed by atoms with Gasteiger partial charge in [0.05, 0.1) is 16.2 Å². The SMILES string of the molecule is Cc1ccccc1C(=O)NC(=O)c1cc([N+](=O)[O-])cnc1C. The van der Waals surface area contributed by atoms with Gasteiger partial charge in [-0.15, -0.1) is 0 Å². The highest BCUT2D eigenvalue weighted by atomic mass is 16.6. The van der Waals surface area contributed by atoms with Crippen LogP contribution in [-0.4, -0.2) is 21.7 Å². The minimum atomic E-state index is -0.720. The van der Waals surface area contributed by atoms with Crippen molar-refractivity contribution in [3.8, 4) is 0 Å². The normalized spacial score (nSPS) is 10.1. The third kappa shape index (κ3) is 3.14. The number of nitrogens with one attached hydrogen (secondary N) is 1. The molecule has 0 aliphatic rings. The molecule has 0 unspecified atom stereocenters. The Morgan fingerprint density at radius 2 is 1.77 bits per heavy atom. The van der Waals surface area contributed by atoms with Gasteiger partial charge >= 0.3 is 0 Å². The molecule has 1 aromatic heterocycles. The Morgan fingerprint density at radius 3 is 2.41 bits per heavy atom. The van der Waals surface area contributed by atoms with E-state index in [9.17, 15) is 19.7 Å². The molecule has 1 N–H and O–H groups in total. The number of nitrogens with zero attached hydrogens (tertiary/aromatic N) is 2. The van der Waals surface area contributed by atoms with Crippen molar-refractivity contribution in [1.82, 2.24) is 10.3 Å². The summed E-state index contributed by atoms with van der Waals surface area (Å²) >= 11 is 0. The van der Waals surface area contributed by atoms with E-state index in [-0.39, 0.29) is 11.3 Å². The third-order valence-electron chi connectivity index (χ3n) is 3.14. The average molecular weight is 299 g/mol. The van der Waals surface area contributed by atoms with Crippen LogP contribution in [-0.2, 0) is 0 Å². The fourth-order valence-corrected chi connectivity index (χ4v) is 1.92. The van der Waals surface area contributed by atoms with E-state index >= 15 is 0 Å². The summed E-state index contributed by atoms with van der Waals surface area (Å²) in [4.78, 5) is 38.1. The van der Waals surface area contributed by atoms with Gasteiger partial charge in [-0.3, -0.25) is 30.0 Å². The largest absolute Gasteiger partial charge is 0.288 e. The fraction of sp³-hybridized carbons (Fsp3) is 0.133. The van der Waals surface area contributed by atoms with Crippen LogP contribution in [0.2, 0.25) is 0 Å². The summed E-state index contributed by atoms with van der Waals surface area (Å²) in [6.45, 7) is 3.29. The van der Waals surface area contributed by atoms with Crippen molar-refractivity contribution < 1.29 is 14.5 Å². The monoisotopic (exact) mass is 299 g/mol. The van der Waals surface area contributed by atoms with Crippen molar-refractivity contribution >= 4 is 17.5 Å². The van der Waals surface area contributed by atoms with Gasteiger partial charge in [0.15, 0.2) is 0 Å². The Labute approximate surface area is 126 Å². The van der Waals surface area contributed by atoms with Gasteiger partial charge in [0.2, 0.25) is 0 Å². The highest BCUT2D eigenvalue weighted by molar-refractivity contribution is 6.11. The molecule has 0 saturated heterocycles. The lowest BCUT2D eigenvalue weighted by Gasteiger charge is -2.08. The number of carbonyl (C=O) groups excluding carboxylic acids is 2. The fourth-order valence-electron chi connectivity index (χ4n) is 1.92. The van der Waals surface area contributed by atoms with E-state index in [4.69, 9.17) is 0 Å². The molecular weight excluding hydrogens is 286 g/mol. The number of hydrogen-bond donors (Lipinski definition) is 1. The number of nitro groups is 1. The summed E-state index contributed by atoms with van der Waals surface area (Å²) in [6, 6.07) is 7.91. The van der Waals surface area contributed by atoms with Crippen molar-refractivity contribution in [3.05, 3.63) is 69.0 Å². The van der Waals surface area contributed by atoms with Crippen molar-refractivity contribution in [3.63, 3.8) is 0 Å². The molecule has 7 heteroatoms. The lowest BCUT2D eigenvalue weighted by molar-refractivity contribution is -0.385. The summed E-state index contributed by atoms with van der Waals surface area (Å²) in [5, 5.41) is 13.0. The molecular formula is C15H13N3O4. The number of carbonyl (C=O) groups is 2. The highest BCUT2D eigenvalue weighted by Crippen LogP contribution is 2.15. The van der Waals surface area contributed by atoms with Crippen molar-refractivity contribution in [1.29, 1.82) is 0 Å². The Morgan fingerprint density at radius 1 is 1.14 bits per heavy atom. The number of hydrogen-bond acceptors (Lipinski definition) is 5. The van der Waals surface area contributed by atoms with E-state index in [1.165, 1.54) is 6.92 Å². The topological polar surface area (TPSA) is 102 Å². The second-order valence-electron chi connectivity index (χ2n) is 4.68. The minimum Gasteiger partial charge on any atom is -0.288 e. The quantitative estimate of drug-likeness (QED) is 0.531. The van der Waals surface area contributed by atoms with Gasteiger partial charge in [-0.1, -0.05) is 18.2 Å². The van der Waals surface area contributed by atoms with E-state index in [0.29, 0.717) is 11.3 Å². The maximum Gasteiger partial charge on any atom is 0.288 e. The molecule has 0 spiro atoms. The number of amides is 2. The van der Waals surface area contributed by atoms with Crippen LogP contribution in [0.15, 0.2) is 36.5 Å². The number of rotatable bonds is 3. The molecule has 112 valence electrons. The van der Waals surface area contributed by atoms with Gasteiger partial charge < -0.3 is 0 Å². The zero-order valence-corrected chi connectivity index (χ0v) is 12.0. The van der Waals surface area contributed by atoms with E-state index in [0.717, 1.165) is 17.8 Å². The number of imide groups is 1. The Kier molecular flexibility index (Phi) is 4.26. The second-order valence-corrected chi connectivity index (χ2v) is 4.68. The number of benzene rings is 1. The summed E-state index contributed by atoms with van der Waals surface area (Å²) in [5.41, 5.74) is 1.09. The Hall–Kier alpha value is -3.09. The molecule has 2 rings (SSSR count). The molecule has 1 aromatic carbocycles. The van der Waals surface area contributed by atoms with E-state index in [2.05, 4.69) is 10.3 Å². The highest BCUT2D eigenvalue weighted by Gasteiger charge is 2.19. The molecule has 7 nitrogen and oxygen atoms in total. The number of pyridine rings is 1. The first-order valence-electron chi connectivity index (χ1n) is 6.42. The minimum absolute atomic E-state index is 0.00358. The predicted molar refractivity (Wildman–Crippen MR) is 78.6 cm³/mol. The van der Waals surface area contributed by atoms with Crippen LogP contribution in [0.3, 0.4) is 0 Å². The van der Waals surface area contributed by atoms with E-state index in [1.54, 1.807) is 31.2 Å². The zero-order valence-electron chi connectivity index (χ0n) is 12.0. The first-order chi connectivity index (χ1) is 10.4. The molecule has 0 aliphatic heterocycles. The molecule has 0 atom stereocenters. The van der Waals surface area contributed by atoms with Gasteiger partial charge in [-0.2, -0.15) is 0 Å². The molecule has 0 fully saturated rings. The van der Waals surface area contributed by atoms with Crippen molar-refractivity contribution in [2.24, 2.45) is 0 Å². The molecule has 0 bridgehead atoms. The molecule has 0 radical (unpaired) electrons. The van der Waals surface area contributed by atoms with Crippen LogP contribution in [0.25, 0.3) is 0 Å². The van der Waals surface area contributed by atoms with Gasteiger partial charge in [-0.25, -0.2) is 0 Å². The van der Waals surface area contributed by atoms with Crippen LogP contribution in [0.5, 0.6) is 0 Å². The predicted octanol–water partition coefficient (Wildman–Crippen LogP) is 2.18. The first-order valence-corrected chi connectivity index (χ1v) is 6.42. The van der Waals surface area contributed by atoms with Crippen LogP contribution < -0.4 is 5.32 Å². The lowest BCUT2D eigenvalue weighted by atomic mass is 10.1. The summed E-state index contributed by atoms with van der Waals surface area (Å²) in [7, 11) is 0. The maximum absolute atomic E-state index is 12.1. The molecule has 2 aromatic rings. The summed E-state index contributed by atoms with van der Waals surface area (Å²) in [6.07, 6.45) is 1.06. The second kappa shape index (κ2) is 6.13. The smallest absolute Gasteiger partial charge is 0.288 e. The molecule has 1 heterocycles. The Bertz CT molecular complexity index is 771. The first kappa shape index (κ1) is 15.3. The van der Waals surface area contributed by atoms with Crippen LogP contribution in [0.4, 0.5) is 5.69 Å². The standard InChI is InChI=1S/C15H13N3O4/c1-9-5-3-4-6-12(9)14(19)17-15(20)13-7-11(18(21)22)8-16-10(13)2/h3-8H,1-2H3,(H,17,19,20). The van der Waals surface area contributed by atoms with Crippen molar-refractivity contribution in [2.45, 2.75) is 13.8 Å². The number of aryl methyl sites for hydroxylation is 2. The Balaban J connectivity index is 2.26. The summed E-state index contributed by atoms with van der Waals surface area (Å²) < 4.78 is 0. The van der Waals surface area contributed by atoms with E-state index in [1.807, 2.05) is 0 Å². The maximum atomic E-state index is 12.1.